The number of benzene rings is 3. The Kier molecular flexibility index (Phi) is 11.9. The fourth-order valence-corrected chi connectivity index (χ4v) is 6.99. The van der Waals surface area contributed by atoms with Gasteiger partial charge in [0.2, 0.25) is 11.8 Å². The monoisotopic (exact) mass is 699 g/mol. The highest BCUT2D eigenvalue weighted by molar-refractivity contribution is 7.92. The number of anilines is 1. The second-order valence-electron chi connectivity index (χ2n) is 12.9. The zero-order valence-electron chi connectivity index (χ0n) is 29.3. The van der Waals surface area contributed by atoms with Crippen molar-refractivity contribution in [1.82, 2.24) is 20.0 Å². The Morgan fingerprint density at radius 2 is 1.74 bits per heavy atom. The van der Waals surface area contributed by atoms with Gasteiger partial charge in [-0.2, -0.15) is 4.98 Å². The zero-order valence-corrected chi connectivity index (χ0v) is 30.1. The number of aryl methyl sites for hydroxylation is 2. The summed E-state index contributed by atoms with van der Waals surface area (Å²) in [6, 6.07) is 22.2. The highest BCUT2D eigenvalue weighted by atomic mass is 32.2. The number of aromatic nitrogens is 2. The lowest BCUT2D eigenvalue weighted by Gasteiger charge is -2.41. The van der Waals surface area contributed by atoms with Gasteiger partial charge in [-0.15, -0.1) is 0 Å². The molecular weight excluding hydrogens is 655 g/mol. The molecule has 2 amide bonds. The number of nitrogens with one attached hydrogen (secondary N) is 1. The number of ether oxygens (including phenoxy) is 2. The lowest BCUT2D eigenvalue weighted by Crippen LogP contribution is -2.57. The quantitative estimate of drug-likeness (QED) is 0.186. The van der Waals surface area contributed by atoms with E-state index in [9.17, 15) is 18.0 Å². The average Bonchev–Trinajstić information content (AvgIpc) is 3.08. The van der Waals surface area contributed by atoms with Crippen LogP contribution in [0.5, 0.6) is 5.88 Å². The molecule has 4 aromatic rings. The van der Waals surface area contributed by atoms with Gasteiger partial charge in [0.25, 0.3) is 21.8 Å². The van der Waals surface area contributed by atoms with E-state index in [1.54, 1.807) is 12.1 Å². The number of unbranched alkanes of at least 4 members (excludes halogenated alkanes) is 1. The molecule has 0 unspecified atom stereocenters. The molecule has 50 heavy (non-hydrogen) atoms. The first-order chi connectivity index (χ1) is 24.0. The maximum Gasteiger partial charge on any atom is 0.272 e. The number of fused-ring (bicyclic) bond motifs is 4. The van der Waals surface area contributed by atoms with Gasteiger partial charge in [-0.3, -0.25) is 9.59 Å². The number of sulfonamides is 1. The van der Waals surface area contributed by atoms with E-state index in [1.165, 1.54) is 28.2 Å². The highest BCUT2D eigenvalue weighted by Gasteiger charge is 2.35. The van der Waals surface area contributed by atoms with E-state index in [-0.39, 0.29) is 54.6 Å². The summed E-state index contributed by atoms with van der Waals surface area (Å²) >= 11 is 0. The van der Waals surface area contributed by atoms with Gasteiger partial charge < -0.3 is 9.47 Å². The first kappa shape index (κ1) is 36.5. The molecule has 0 radical (unpaired) electrons. The summed E-state index contributed by atoms with van der Waals surface area (Å²) in [6.45, 7) is 10.2. The van der Waals surface area contributed by atoms with Gasteiger partial charge in [-0.25, -0.2) is 28.1 Å². The minimum Gasteiger partial charge on any atom is -0.475 e. The summed E-state index contributed by atoms with van der Waals surface area (Å²) in [5.74, 6) is -0.861. The van der Waals surface area contributed by atoms with Crippen LogP contribution in [0.25, 0.3) is 11.3 Å². The number of hydrogen-bond acceptors (Lipinski definition) is 8. The molecule has 4 bridgehead atoms. The Hall–Kier alpha value is -4.81. The Bertz CT molecular complexity index is 1900. The molecule has 11 nitrogen and oxygen atoms in total. The molecule has 3 aromatic carbocycles. The van der Waals surface area contributed by atoms with Crippen molar-refractivity contribution in [3.8, 4) is 17.1 Å². The fraction of sp³-hybridized carbons (Fsp3) is 0.368. The molecule has 0 fully saturated rings. The second kappa shape index (κ2) is 16.3. The molecule has 0 spiro atoms. The van der Waals surface area contributed by atoms with Crippen LogP contribution < -0.4 is 9.46 Å². The number of rotatable bonds is 11. The fourth-order valence-electron chi connectivity index (χ4n) is 6.00. The molecule has 264 valence electrons. The SMILES string of the molecule is CCCCN(C(=O)COCc1ccccc1)N1C(=O)c2cccc(c2)S(=O)(=O)Nc2nc(cc(-c3c(C)cccc3C)n2)OC[C@H]1CC(C)C. The first-order valence-electron chi connectivity index (χ1n) is 16.9. The predicted molar refractivity (Wildman–Crippen MR) is 192 cm³/mol. The molecule has 0 saturated carbocycles. The van der Waals surface area contributed by atoms with Gasteiger partial charge in [0.1, 0.15) is 13.2 Å². The van der Waals surface area contributed by atoms with Crippen LogP contribution in [-0.2, 0) is 26.2 Å². The number of carbonyl (C=O) groups is 2. The molecule has 1 atom stereocenters. The van der Waals surface area contributed by atoms with Crippen LogP contribution in [0.3, 0.4) is 0 Å². The van der Waals surface area contributed by atoms with Crippen molar-refractivity contribution >= 4 is 27.8 Å². The third-order valence-corrected chi connectivity index (χ3v) is 9.71. The van der Waals surface area contributed by atoms with Crippen molar-refractivity contribution in [2.75, 3.05) is 24.5 Å². The van der Waals surface area contributed by atoms with E-state index in [4.69, 9.17) is 9.47 Å². The summed E-state index contributed by atoms with van der Waals surface area (Å²) < 4.78 is 42.2. The minimum atomic E-state index is -4.24. The van der Waals surface area contributed by atoms with Gasteiger partial charge in [-0.05, 0) is 67.5 Å². The number of amides is 2. The predicted octanol–water partition coefficient (Wildman–Crippen LogP) is 6.57. The molecule has 1 aliphatic heterocycles. The molecular formula is C38H45N5O6S. The van der Waals surface area contributed by atoms with Crippen LogP contribution in [0, 0.1) is 19.8 Å². The van der Waals surface area contributed by atoms with Crippen LogP contribution in [0.2, 0.25) is 0 Å². The molecule has 0 saturated heterocycles. The Morgan fingerprint density at radius 1 is 1.02 bits per heavy atom. The molecule has 2 heterocycles. The lowest BCUT2D eigenvalue weighted by atomic mass is 10.00. The maximum absolute atomic E-state index is 14.6. The second-order valence-corrected chi connectivity index (χ2v) is 14.6. The summed E-state index contributed by atoms with van der Waals surface area (Å²) in [4.78, 5) is 37.5. The lowest BCUT2D eigenvalue weighted by molar-refractivity contribution is -0.155. The van der Waals surface area contributed by atoms with Gasteiger partial charge in [0.05, 0.1) is 23.2 Å². The number of hydrogen-bond donors (Lipinski definition) is 1. The Labute approximate surface area is 294 Å². The Balaban J connectivity index is 1.61. The van der Waals surface area contributed by atoms with Crippen LogP contribution >= 0.6 is 0 Å². The molecule has 1 N–H and O–H groups in total. The summed E-state index contributed by atoms with van der Waals surface area (Å²) in [5.41, 5.74) is 4.22. The van der Waals surface area contributed by atoms with Crippen molar-refractivity contribution in [3.05, 3.63) is 101 Å². The molecule has 1 aliphatic rings. The smallest absolute Gasteiger partial charge is 0.272 e. The van der Waals surface area contributed by atoms with Crippen LogP contribution in [0.4, 0.5) is 5.95 Å². The number of hydrazine groups is 1. The third-order valence-electron chi connectivity index (χ3n) is 8.39. The summed E-state index contributed by atoms with van der Waals surface area (Å²) in [6.07, 6.45) is 1.87. The van der Waals surface area contributed by atoms with E-state index in [0.29, 0.717) is 18.5 Å². The minimum absolute atomic E-state index is 0.0280. The van der Waals surface area contributed by atoms with E-state index >= 15 is 0 Å². The van der Waals surface area contributed by atoms with Crippen molar-refractivity contribution in [2.45, 2.75) is 71.4 Å². The zero-order chi connectivity index (χ0) is 35.8. The third kappa shape index (κ3) is 8.85. The highest BCUT2D eigenvalue weighted by Crippen LogP contribution is 2.30. The molecule has 1 aromatic heterocycles. The first-order valence-corrected chi connectivity index (χ1v) is 18.4. The van der Waals surface area contributed by atoms with E-state index in [0.717, 1.165) is 28.7 Å². The van der Waals surface area contributed by atoms with Crippen LogP contribution in [0.15, 0.2) is 83.8 Å². The van der Waals surface area contributed by atoms with E-state index in [1.807, 2.05) is 83.1 Å². The summed E-state index contributed by atoms with van der Waals surface area (Å²) in [5, 5.41) is 2.88. The molecule has 5 rings (SSSR count). The van der Waals surface area contributed by atoms with Gasteiger partial charge in [-0.1, -0.05) is 81.8 Å². The average molecular weight is 700 g/mol. The van der Waals surface area contributed by atoms with E-state index < -0.39 is 27.9 Å². The Morgan fingerprint density at radius 3 is 2.44 bits per heavy atom. The normalized spacial score (nSPS) is 15.7. The van der Waals surface area contributed by atoms with Crippen molar-refractivity contribution < 1.29 is 27.5 Å². The molecule has 0 aliphatic carbocycles. The van der Waals surface area contributed by atoms with Crippen molar-refractivity contribution in [3.63, 3.8) is 0 Å². The standard InChI is InChI=1S/C38H45N5O6S/c1-6-7-19-42(35(44)25-48-23-29-15-9-8-10-16-29)43-31(20-26(2)3)24-49-34-22-33(36-27(4)13-11-14-28(36)5)39-38(40-34)41-50(46,47)32-18-12-17-30(21-32)37(43)45/h8-18,21-22,26,31H,6-7,19-20,23-25H2,1-5H3,(H,39,40,41)/t31-/m1/s1. The van der Waals surface area contributed by atoms with Crippen LogP contribution in [-0.4, -0.2) is 66.0 Å². The molecule has 12 heteroatoms. The van der Waals surface area contributed by atoms with E-state index in [2.05, 4.69) is 14.7 Å². The van der Waals surface area contributed by atoms with Crippen molar-refractivity contribution in [2.24, 2.45) is 5.92 Å². The van der Waals surface area contributed by atoms with Gasteiger partial charge >= 0.3 is 0 Å². The number of nitrogens with zero attached hydrogens (tertiary/aromatic N) is 4. The maximum atomic E-state index is 14.6. The topological polar surface area (TPSA) is 131 Å². The van der Waals surface area contributed by atoms with Gasteiger partial charge in [0, 0.05) is 23.7 Å². The summed E-state index contributed by atoms with van der Waals surface area (Å²) in [7, 11) is -4.24. The largest absolute Gasteiger partial charge is 0.475 e. The van der Waals surface area contributed by atoms with Gasteiger partial charge in [0.15, 0.2) is 0 Å². The number of carbonyl (C=O) groups excluding carboxylic acids is 2. The van der Waals surface area contributed by atoms with Crippen LogP contribution in [0.1, 0.15) is 67.1 Å². The van der Waals surface area contributed by atoms with Crippen molar-refractivity contribution in [1.29, 1.82) is 0 Å².